The van der Waals surface area contributed by atoms with Crippen LogP contribution in [0.3, 0.4) is 0 Å². The van der Waals surface area contributed by atoms with Crippen molar-refractivity contribution in [3.8, 4) is 0 Å². The third-order valence-corrected chi connectivity index (χ3v) is 7.31. The third-order valence-electron chi connectivity index (χ3n) is 5.85. The minimum atomic E-state index is -1.11. The molecule has 8 heteroatoms. The molecular weight excluding hydrogens is 367 g/mol. The summed E-state index contributed by atoms with van der Waals surface area (Å²) in [6.07, 6.45) is 3.47. The molecule has 2 aromatic rings. The van der Waals surface area contributed by atoms with Gasteiger partial charge in [-0.15, -0.1) is 0 Å². The fraction of sp³-hybridized carbons (Fsp3) is 0.474. The minimum absolute atomic E-state index is 0.0299. The highest BCUT2D eigenvalue weighted by molar-refractivity contribution is 7.91. The molecule has 2 N–H and O–H groups in total. The second-order valence-corrected chi connectivity index (χ2v) is 9.14. The zero-order valence-corrected chi connectivity index (χ0v) is 15.7. The molecule has 1 atom stereocenters. The van der Waals surface area contributed by atoms with Crippen molar-refractivity contribution in [1.29, 1.82) is 0 Å². The Morgan fingerprint density at radius 1 is 1.26 bits per heavy atom. The van der Waals surface area contributed by atoms with Gasteiger partial charge in [-0.1, -0.05) is 6.07 Å². The molecule has 0 saturated heterocycles. The molecule has 27 heavy (non-hydrogen) atoms. The fourth-order valence-corrected chi connectivity index (χ4v) is 5.40. The number of benzene rings is 1. The summed E-state index contributed by atoms with van der Waals surface area (Å²) in [5.74, 6) is 1.47. The summed E-state index contributed by atoms with van der Waals surface area (Å²) in [5, 5.41) is 13.2. The molecular formula is C19H21FN4O2S. The van der Waals surface area contributed by atoms with Crippen molar-refractivity contribution in [1.82, 2.24) is 9.97 Å². The molecule has 6 nitrogen and oxygen atoms in total. The lowest BCUT2D eigenvalue weighted by atomic mass is 9.77. The number of fused-ring (bicyclic) bond motifs is 2. The highest BCUT2D eigenvalue weighted by Gasteiger charge is 2.41. The number of hydrogen-bond acceptors (Lipinski definition) is 6. The van der Waals surface area contributed by atoms with E-state index in [9.17, 15) is 14.0 Å². The Balaban J connectivity index is 1.50. The van der Waals surface area contributed by atoms with Crippen molar-refractivity contribution in [2.75, 3.05) is 22.6 Å². The predicted molar refractivity (Wildman–Crippen MR) is 101 cm³/mol. The maximum atomic E-state index is 13.5. The number of anilines is 2. The van der Waals surface area contributed by atoms with Crippen LogP contribution < -0.4 is 10.2 Å². The van der Waals surface area contributed by atoms with E-state index in [4.69, 9.17) is 4.98 Å². The lowest BCUT2D eigenvalue weighted by Gasteiger charge is -2.41. The number of halogens is 1. The van der Waals surface area contributed by atoms with Crippen LogP contribution in [0.1, 0.15) is 36.1 Å². The summed E-state index contributed by atoms with van der Waals surface area (Å²) in [5.41, 5.74) is 2.46. The Morgan fingerprint density at radius 2 is 2.07 bits per heavy atom. The van der Waals surface area contributed by atoms with Crippen LogP contribution in [0.5, 0.6) is 0 Å². The van der Waals surface area contributed by atoms with Crippen LogP contribution in [0.15, 0.2) is 23.1 Å². The molecule has 1 aliphatic carbocycles. The summed E-state index contributed by atoms with van der Waals surface area (Å²) in [7, 11) is 0. The van der Waals surface area contributed by atoms with Gasteiger partial charge < -0.3 is 19.9 Å². The number of aliphatic hydroxyl groups is 1. The highest BCUT2D eigenvalue weighted by atomic mass is 32.2. The third kappa shape index (κ3) is 2.86. The van der Waals surface area contributed by atoms with Crippen LogP contribution in [-0.2, 0) is 30.7 Å². The van der Waals surface area contributed by atoms with E-state index in [0.29, 0.717) is 41.9 Å². The summed E-state index contributed by atoms with van der Waals surface area (Å²) < 4.78 is 26.0. The van der Waals surface area contributed by atoms with Crippen molar-refractivity contribution in [2.45, 2.75) is 49.2 Å². The second kappa shape index (κ2) is 6.32. The molecule has 0 amide bonds. The normalized spacial score (nSPS) is 22.3. The number of nitrogens with zero attached hydrogens (tertiary/aromatic N) is 3. The van der Waals surface area contributed by atoms with Gasteiger partial charge >= 0.3 is 0 Å². The molecule has 0 bridgehead atoms. The average Bonchev–Trinajstić information content (AvgIpc) is 3.21. The van der Waals surface area contributed by atoms with Crippen molar-refractivity contribution in [2.24, 2.45) is 0 Å². The first kappa shape index (κ1) is 17.2. The van der Waals surface area contributed by atoms with Gasteiger partial charge in [-0.3, -0.25) is 0 Å². The van der Waals surface area contributed by atoms with E-state index >= 15 is 0 Å². The quantitative estimate of drug-likeness (QED) is 0.781. The first-order valence-electron chi connectivity index (χ1n) is 9.27. The van der Waals surface area contributed by atoms with Gasteiger partial charge in [0.05, 0.1) is 12.1 Å². The summed E-state index contributed by atoms with van der Waals surface area (Å²) >= 11 is -1.11. The molecule has 5 rings (SSSR count). The van der Waals surface area contributed by atoms with Crippen LogP contribution in [0.4, 0.5) is 16.2 Å². The zero-order chi connectivity index (χ0) is 18.6. The Morgan fingerprint density at radius 3 is 2.81 bits per heavy atom. The van der Waals surface area contributed by atoms with Crippen LogP contribution in [0.2, 0.25) is 0 Å². The van der Waals surface area contributed by atoms with E-state index in [1.54, 1.807) is 12.1 Å². The van der Waals surface area contributed by atoms with Crippen molar-refractivity contribution < 1.29 is 14.0 Å². The predicted octanol–water partition coefficient (Wildman–Crippen LogP) is 2.13. The van der Waals surface area contributed by atoms with E-state index in [0.717, 1.165) is 36.1 Å². The summed E-state index contributed by atoms with van der Waals surface area (Å²) in [6.45, 7) is 1.21. The van der Waals surface area contributed by atoms with Gasteiger partial charge in [-0.2, -0.15) is 4.98 Å². The molecule has 1 saturated carbocycles. The Hall–Kier alpha value is -1.90. The van der Waals surface area contributed by atoms with Gasteiger partial charge in [-0.25, -0.2) is 9.37 Å². The van der Waals surface area contributed by atoms with E-state index in [1.807, 2.05) is 4.90 Å². The molecule has 3 heterocycles. The molecule has 0 radical (unpaired) electrons. The van der Waals surface area contributed by atoms with Crippen molar-refractivity contribution in [3.05, 3.63) is 40.8 Å². The van der Waals surface area contributed by atoms with Crippen molar-refractivity contribution >= 4 is 22.9 Å². The monoisotopic (exact) mass is 388 g/mol. The smallest absolute Gasteiger partial charge is 0.228 e. The number of aromatic nitrogens is 2. The number of aliphatic hydroxyl groups excluding tert-OH is 1. The van der Waals surface area contributed by atoms with Crippen LogP contribution in [-0.4, -0.2) is 37.5 Å². The fourth-order valence-electron chi connectivity index (χ4n) is 4.09. The Kier molecular flexibility index (Phi) is 4.03. The largest absolute Gasteiger partial charge is 0.611 e. The van der Waals surface area contributed by atoms with E-state index < -0.39 is 11.2 Å². The van der Waals surface area contributed by atoms with Gasteiger partial charge in [0.15, 0.2) is 5.82 Å². The molecule has 1 aromatic carbocycles. The van der Waals surface area contributed by atoms with Crippen LogP contribution in [0, 0.1) is 5.82 Å². The molecule has 142 valence electrons. The SMILES string of the molecule is [O-][S@+]1CCc2nc(N3Cc4ccc(F)cc4C3)nc(NC3(CO)CCC3)c21. The van der Waals surface area contributed by atoms with Gasteiger partial charge in [0, 0.05) is 19.5 Å². The first-order chi connectivity index (χ1) is 13.1. The van der Waals surface area contributed by atoms with Gasteiger partial charge in [0.1, 0.15) is 17.3 Å². The highest BCUT2D eigenvalue weighted by Crippen LogP contribution is 2.39. The maximum absolute atomic E-state index is 13.5. The van der Waals surface area contributed by atoms with E-state index in [1.165, 1.54) is 6.07 Å². The zero-order valence-electron chi connectivity index (χ0n) is 14.9. The maximum Gasteiger partial charge on any atom is 0.228 e. The molecule has 0 unspecified atom stereocenters. The molecule has 0 spiro atoms. The van der Waals surface area contributed by atoms with E-state index in [-0.39, 0.29) is 18.0 Å². The number of hydrogen-bond donors (Lipinski definition) is 2. The van der Waals surface area contributed by atoms with Crippen LogP contribution in [0.25, 0.3) is 0 Å². The molecule has 1 aromatic heterocycles. The number of nitrogens with one attached hydrogen (secondary N) is 1. The van der Waals surface area contributed by atoms with Gasteiger partial charge in [-0.05, 0) is 53.7 Å². The van der Waals surface area contributed by atoms with Crippen LogP contribution >= 0.6 is 0 Å². The lowest BCUT2D eigenvalue weighted by molar-refractivity contribution is 0.143. The second-order valence-electron chi connectivity index (χ2n) is 7.63. The number of aryl methyl sites for hydroxylation is 1. The minimum Gasteiger partial charge on any atom is -0.611 e. The lowest BCUT2D eigenvalue weighted by Crippen LogP contribution is -2.48. The first-order valence-corrected chi connectivity index (χ1v) is 10.6. The topological polar surface area (TPSA) is 84.3 Å². The summed E-state index contributed by atoms with van der Waals surface area (Å²) in [4.78, 5) is 12.1. The van der Waals surface area contributed by atoms with Gasteiger partial charge in [0.25, 0.3) is 0 Å². The Bertz CT molecular complexity index is 900. The molecule has 3 aliphatic rings. The number of rotatable bonds is 4. The standard InChI is InChI=1S/C19H21FN4O2S/c20-14-3-2-12-9-24(10-13(12)8-14)18-21-15-4-7-27(26)16(15)17(22-18)23-19(11-25)5-1-6-19/h2-3,8,25H,1,4-7,9-11H2,(H,21,22,23)/t27-/m1/s1. The Labute approximate surface area is 160 Å². The van der Waals surface area contributed by atoms with Gasteiger partial charge in [0.2, 0.25) is 10.8 Å². The van der Waals surface area contributed by atoms with E-state index in [2.05, 4.69) is 10.3 Å². The molecule has 2 aliphatic heterocycles. The average molecular weight is 388 g/mol. The van der Waals surface area contributed by atoms with Crippen molar-refractivity contribution in [3.63, 3.8) is 0 Å². The molecule has 1 fully saturated rings. The summed E-state index contributed by atoms with van der Waals surface area (Å²) in [6, 6.07) is 4.84.